The van der Waals surface area contributed by atoms with Crippen molar-refractivity contribution in [1.82, 2.24) is 10.6 Å². The molecule has 2 aromatic rings. The molecule has 0 spiro atoms. The first kappa shape index (κ1) is 19.3. The van der Waals surface area contributed by atoms with E-state index in [1.54, 1.807) is 20.3 Å². The number of hydrogen-bond donors (Lipinski definition) is 2. The molecule has 0 saturated heterocycles. The van der Waals surface area contributed by atoms with Crippen LogP contribution in [0.2, 0.25) is 0 Å². The van der Waals surface area contributed by atoms with Crippen LogP contribution in [0.3, 0.4) is 0 Å². The lowest BCUT2D eigenvalue weighted by atomic mass is 10.1. The van der Waals surface area contributed by atoms with Gasteiger partial charge in [-0.15, -0.1) is 0 Å². The van der Waals surface area contributed by atoms with E-state index in [9.17, 15) is 9.59 Å². The fraction of sp³-hybridized carbons (Fsp3) is 0.300. The van der Waals surface area contributed by atoms with E-state index in [1.807, 2.05) is 49.4 Å². The minimum absolute atomic E-state index is 0.0662. The molecule has 0 aliphatic heterocycles. The van der Waals surface area contributed by atoms with Crippen LogP contribution in [0.25, 0.3) is 0 Å². The Hall–Kier alpha value is -3.02. The van der Waals surface area contributed by atoms with Crippen molar-refractivity contribution in [3.8, 4) is 11.5 Å². The monoisotopic (exact) mass is 356 g/mol. The minimum atomic E-state index is -0.256. The van der Waals surface area contributed by atoms with E-state index < -0.39 is 0 Å². The molecule has 2 aromatic carbocycles. The van der Waals surface area contributed by atoms with Crippen molar-refractivity contribution in [3.05, 3.63) is 59.7 Å². The molecule has 0 heterocycles. The summed E-state index contributed by atoms with van der Waals surface area (Å²) in [5.74, 6) is 0.782. The summed E-state index contributed by atoms with van der Waals surface area (Å²) in [5.41, 5.74) is 1.79. The van der Waals surface area contributed by atoms with E-state index in [2.05, 4.69) is 10.6 Å². The van der Waals surface area contributed by atoms with Gasteiger partial charge in [-0.2, -0.15) is 0 Å². The number of amides is 2. The van der Waals surface area contributed by atoms with Gasteiger partial charge in [-0.3, -0.25) is 9.59 Å². The largest absolute Gasteiger partial charge is 0.493 e. The maximum atomic E-state index is 12.1. The number of carbonyl (C=O) groups is 2. The molecular formula is C20H24N2O4. The third-order valence-electron chi connectivity index (χ3n) is 3.94. The fourth-order valence-corrected chi connectivity index (χ4v) is 2.52. The highest BCUT2D eigenvalue weighted by atomic mass is 16.5. The Morgan fingerprint density at radius 2 is 1.65 bits per heavy atom. The third kappa shape index (κ3) is 5.51. The lowest BCUT2D eigenvalue weighted by molar-refractivity contribution is -0.126. The number of methoxy groups -OCH3 is 2. The summed E-state index contributed by atoms with van der Waals surface area (Å²) >= 11 is 0. The zero-order chi connectivity index (χ0) is 18.9. The van der Waals surface area contributed by atoms with Crippen LogP contribution < -0.4 is 20.1 Å². The highest BCUT2D eigenvalue weighted by Crippen LogP contribution is 2.29. The van der Waals surface area contributed by atoms with E-state index in [0.717, 1.165) is 11.1 Å². The highest BCUT2D eigenvalue weighted by Gasteiger charge is 2.13. The van der Waals surface area contributed by atoms with Crippen molar-refractivity contribution in [3.63, 3.8) is 0 Å². The van der Waals surface area contributed by atoms with Crippen LogP contribution in [-0.2, 0) is 16.0 Å². The van der Waals surface area contributed by atoms with Crippen molar-refractivity contribution in [2.75, 3.05) is 20.8 Å². The Kier molecular flexibility index (Phi) is 7.02. The number of ether oxygens (including phenoxy) is 2. The normalized spacial score (nSPS) is 11.3. The topological polar surface area (TPSA) is 76.7 Å². The maximum Gasteiger partial charge on any atom is 0.239 e. The number of rotatable bonds is 8. The first-order valence-corrected chi connectivity index (χ1v) is 8.35. The predicted molar refractivity (Wildman–Crippen MR) is 99.3 cm³/mol. The number of nitrogens with one attached hydrogen (secondary N) is 2. The SMILES string of the molecule is COc1ccc(C(C)NC(=O)CNC(=O)Cc2ccccc2)cc1OC. The molecule has 0 bridgehead atoms. The molecule has 1 unspecified atom stereocenters. The molecule has 0 saturated carbocycles. The zero-order valence-electron chi connectivity index (χ0n) is 15.2. The Bertz CT molecular complexity index is 747. The number of hydrogen-bond acceptors (Lipinski definition) is 4. The van der Waals surface area contributed by atoms with Crippen molar-refractivity contribution in [1.29, 1.82) is 0 Å². The first-order chi connectivity index (χ1) is 12.5. The molecule has 0 aliphatic rings. The smallest absolute Gasteiger partial charge is 0.239 e. The second-order valence-electron chi connectivity index (χ2n) is 5.84. The van der Waals surface area contributed by atoms with Gasteiger partial charge >= 0.3 is 0 Å². The molecule has 2 amide bonds. The molecule has 138 valence electrons. The predicted octanol–water partition coefficient (Wildman–Crippen LogP) is 2.24. The molecule has 2 rings (SSSR count). The van der Waals surface area contributed by atoms with E-state index in [-0.39, 0.29) is 30.8 Å². The van der Waals surface area contributed by atoms with Gasteiger partial charge in [-0.25, -0.2) is 0 Å². The molecule has 2 N–H and O–H groups in total. The van der Waals surface area contributed by atoms with Crippen molar-refractivity contribution < 1.29 is 19.1 Å². The minimum Gasteiger partial charge on any atom is -0.493 e. The molecule has 6 nitrogen and oxygen atoms in total. The van der Waals surface area contributed by atoms with Gasteiger partial charge < -0.3 is 20.1 Å². The van der Waals surface area contributed by atoms with Gasteiger partial charge in [0.25, 0.3) is 0 Å². The summed E-state index contributed by atoms with van der Waals surface area (Å²) in [4.78, 5) is 24.0. The van der Waals surface area contributed by atoms with Crippen LogP contribution >= 0.6 is 0 Å². The van der Waals surface area contributed by atoms with E-state index in [4.69, 9.17) is 9.47 Å². The Balaban J connectivity index is 1.84. The van der Waals surface area contributed by atoms with Crippen LogP contribution in [0, 0.1) is 0 Å². The molecule has 0 radical (unpaired) electrons. The lowest BCUT2D eigenvalue weighted by Gasteiger charge is -2.17. The second kappa shape index (κ2) is 9.46. The maximum absolute atomic E-state index is 12.1. The van der Waals surface area contributed by atoms with E-state index >= 15 is 0 Å². The van der Waals surface area contributed by atoms with Crippen LogP contribution in [0.4, 0.5) is 0 Å². The third-order valence-corrected chi connectivity index (χ3v) is 3.94. The molecule has 0 aromatic heterocycles. The Labute approximate surface area is 153 Å². The van der Waals surface area contributed by atoms with Gasteiger partial charge in [-0.1, -0.05) is 36.4 Å². The molecule has 1 atom stereocenters. The molecule has 0 fully saturated rings. The van der Waals surface area contributed by atoms with Gasteiger partial charge in [0.1, 0.15) is 0 Å². The molecule has 6 heteroatoms. The molecular weight excluding hydrogens is 332 g/mol. The van der Waals surface area contributed by atoms with Gasteiger partial charge in [-0.05, 0) is 30.2 Å². The lowest BCUT2D eigenvalue weighted by Crippen LogP contribution is -2.38. The summed E-state index contributed by atoms with van der Waals surface area (Å²) in [6.45, 7) is 1.80. The second-order valence-corrected chi connectivity index (χ2v) is 5.84. The zero-order valence-corrected chi connectivity index (χ0v) is 15.2. The quantitative estimate of drug-likeness (QED) is 0.761. The van der Waals surface area contributed by atoms with Crippen molar-refractivity contribution in [2.45, 2.75) is 19.4 Å². The molecule has 26 heavy (non-hydrogen) atoms. The van der Waals surface area contributed by atoms with E-state index in [1.165, 1.54) is 0 Å². The van der Waals surface area contributed by atoms with Crippen LogP contribution in [0.5, 0.6) is 11.5 Å². The van der Waals surface area contributed by atoms with Gasteiger partial charge in [0.05, 0.1) is 33.2 Å². The summed E-state index contributed by atoms with van der Waals surface area (Å²) in [5, 5.41) is 5.49. The molecule has 0 aliphatic carbocycles. The van der Waals surface area contributed by atoms with Crippen molar-refractivity contribution >= 4 is 11.8 Å². The first-order valence-electron chi connectivity index (χ1n) is 8.35. The summed E-state index contributed by atoms with van der Waals surface area (Å²) in [6.07, 6.45) is 0.249. The van der Waals surface area contributed by atoms with Gasteiger partial charge in [0, 0.05) is 0 Å². The average molecular weight is 356 g/mol. The van der Waals surface area contributed by atoms with E-state index in [0.29, 0.717) is 11.5 Å². The van der Waals surface area contributed by atoms with Gasteiger partial charge in [0.2, 0.25) is 11.8 Å². The van der Waals surface area contributed by atoms with Crippen molar-refractivity contribution in [2.24, 2.45) is 0 Å². The van der Waals surface area contributed by atoms with Gasteiger partial charge in [0.15, 0.2) is 11.5 Å². The Morgan fingerprint density at radius 1 is 0.962 bits per heavy atom. The number of carbonyl (C=O) groups excluding carboxylic acids is 2. The summed E-state index contributed by atoms with van der Waals surface area (Å²) < 4.78 is 10.5. The summed E-state index contributed by atoms with van der Waals surface area (Å²) in [7, 11) is 3.13. The Morgan fingerprint density at radius 3 is 2.31 bits per heavy atom. The summed E-state index contributed by atoms with van der Waals surface area (Å²) in [6, 6.07) is 14.6. The number of benzene rings is 2. The van der Waals surface area contributed by atoms with Crippen LogP contribution in [-0.4, -0.2) is 32.6 Å². The van der Waals surface area contributed by atoms with Crippen LogP contribution in [0.1, 0.15) is 24.1 Å². The standard InChI is InChI=1S/C20H24N2O4/c1-14(16-9-10-17(25-2)18(12-16)26-3)22-20(24)13-21-19(23)11-15-7-5-4-6-8-15/h4-10,12,14H,11,13H2,1-3H3,(H,21,23)(H,22,24). The fourth-order valence-electron chi connectivity index (χ4n) is 2.52. The highest BCUT2D eigenvalue weighted by molar-refractivity contribution is 5.85. The average Bonchev–Trinajstić information content (AvgIpc) is 2.66. The van der Waals surface area contributed by atoms with Crippen LogP contribution in [0.15, 0.2) is 48.5 Å².